The molecular weight excluding hydrogens is 218 g/mol. The molecule has 3 N–H and O–H groups in total. The van der Waals surface area contributed by atoms with Crippen molar-refractivity contribution in [1.29, 1.82) is 0 Å². The topological polar surface area (TPSA) is 79.2 Å². The third kappa shape index (κ3) is 3.42. The third-order valence-electron chi connectivity index (χ3n) is 2.54. The highest BCUT2D eigenvalue weighted by molar-refractivity contribution is 5.93. The van der Waals surface area contributed by atoms with Crippen LogP contribution in [0.4, 0.5) is 0 Å². The van der Waals surface area contributed by atoms with Crippen molar-refractivity contribution in [2.45, 2.75) is 26.3 Å². The first-order valence-corrected chi connectivity index (χ1v) is 5.76. The lowest BCUT2D eigenvalue weighted by atomic mass is 10.2. The number of nitrogens with two attached hydrogens (primary N) is 1. The van der Waals surface area contributed by atoms with Crippen LogP contribution in [-0.4, -0.2) is 34.9 Å². The van der Waals surface area contributed by atoms with Crippen LogP contribution in [-0.2, 0) is 0 Å². The molecule has 1 rings (SSSR count). The van der Waals surface area contributed by atoms with E-state index in [0.717, 1.165) is 6.42 Å². The number of rotatable bonds is 5. The number of aromatic amines is 1. The summed E-state index contributed by atoms with van der Waals surface area (Å²) in [5.41, 5.74) is 5.36. The molecule has 0 fully saturated rings. The van der Waals surface area contributed by atoms with Gasteiger partial charge < -0.3 is 15.6 Å². The van der Waals surface area contributed by atoms with Crippen molar-refractivity contribution in [2.75, 3.05) is 13.1 Å². The number of carbonyl (C=O) groups is 1. The van der Waals surface area contributed by atoms with Gasteiger partial charge in [0, 0.05) is 31.0 Å². The highest BCUT2D eigenvalue weighted by atomic mass is 16.2. The maximum absolute atomic E-state index is 12.2. The zero-order valence-corrected chi connectivity index (χ0v) is 10.3. The largest absolute Gasteiger partial charge is 0.367 e. The molecule has 94 valence electrons. The molecule has 0 aliphatic rings. The highest BCUT2D eigenvalue weighted by Gasteiger charge is 2.20. The molecule has 5 nitrogen and oxygen atoms in total. The smallest absolute Gasteiger partial charge is 0.259 e. The molecule has 1 amide bonds. The molecule has 5 heteroatoms. The summed E-state index contributed by atoms with van der Waals surface area (Å²) in [6, 6.07) is 1.41. The van der Waals surface area contributed by atoms with Crippen LogP contribution in [0.15, 0.2) is 23.3 Å². The van der Waals surface area contributed by atoms with Crippen LogP contribution >= 0.6 is 0 Å². The zero-order chi connectivity index (χ0) is 12.8. The van der Waals surface area contributed by atoms with Gasteiger partial charge in [-0.25, -0.2) is 0 Å². The molecule has 0 atom stereocenters. The first-order chi connectivity index (χ1) is 8.07. The minimum Gasteiger partial charge on any atom is -0.367 e. The Morgan fingerprint density at radius 1 is 1.53 bits per heavy atom. The van der Waals surface area contributed by atoms with Crippen LogP contribution in [0.2, 0.25) is 0 Å². The Labute approximate surface area is 101 Å². The molecule has 0 aliphatic heterocycles. The summed E-state index contributed by atoms with van der Waals surface area (Å²) in [4.78, 5) is 28.2. The minimum atomic E-state index is -0.257. The molecule has 0 saturated heterocycles. The predicted molar refractivity (Wildman–Crippen MR) is 66.9 cm³/mol. The summed E-state index contributed by atoms with van der Waals surface area (Å²) in [5, 5.41) is 0. The molecule has 1 aromatic rings. The van der Waals surface area contributed by atoms with Crippen molar-refractivity contribution in [3.05, 3.63) is 34.2 Å². The fourth-order valence-corrected chi connectivity index (χ4v) is 1.59. The van der Waals surface area contributed by atoms with Gasteiger partial charge in [0.15, 0.2) is 5.43 Å². The van der Waals surface area contributed by atoms with Crippen LogP contribution in [0.3, 0.4) is 0 Å². The number of amides is 1. The van der Waals surface area contributed by atoms with Gasteiger partial charge in [-0.3, -0.25) is 9.59 Å². The van der Waals surface area contributed by atoms with Crippen LogP contribution in [0.25, 0.3) is 0 Å². The van der Waals surface area contributed by atoms with Gasteiger partial charge in [0.25, 0.3) is 5.91 Å². The predicted octanol–water partition coefficient (Wildman–Crippen LogP) is 0.574. The second-order valence-electron chi connectivity index (χ2n) is 4.16. The van der Waals surface area contributed by atoms with E-state index in [1.807, 2.05) is 13.8 Å². The monoisotopic (exact) mass is 237 g/mol. The van der Waals surface area contributed by atoms with Crippen molar-refractivity contribution in [2.24, 2.45) is 5.73 Å². The summed E-state index contributed by atoms with van der Waals surface area (Å²) in [7, 11) is 0. The van der Waals surface area contributed by atoms with E-state index in [0.29, 0.717) is 13.1 Å². The summed E-state index contributed by atoms with van der Waals surface area (Å²) in [5.74, 6) is -0.240. The molecular formula is C12H19N3O2. The van der Waals surface area contributed by atoms with Gasteiger partial charge in [0.05, 0.1) is 0 Å². The highest BCUT2D eigenvalue weighted by Crippen LogP contribution is 2.05. The van der Waals surface area contributed by atoms with Crippen molar-refractivity contribution in [3.8, 4) is 0 Å². The van der Waals surface area contributed by atoms with E-state index in [9.17, 15) is 9.59 Å². The van der Waals surface area contributed by atoms with E-state index in [1.54, 1.807) is 4.90 Å². The van der Waals surface area contributed by atoms with E-state index in [-0.39, 0.29) is 22.9 Å². The van der Waals surface area contributed by atoms with Crippen molar-refractivity contribution in [1.82, 2.24) is 9.88 Å². The van der Waals surface area contributed by atoms with Gasteiger partial charge >= 0.3 is 0 Å². The second kappa shape index (κ2) is 6.20. The minimum absolute atomic E-state index is 0.0497. The van der Waals surface area contributed by atoms with E-state index in [1.165, 1.54) is 18.5 Å². The fourth-order valence-electron chi connectivity index (χ4n) is 1.59. The molecule has 1 aromatic heterocycles. The summed E-state index contributed by atoms with van der Waals surface area (Å²) in [6.07, 6.45) is 3.69. The van der Waals surface area contributed by atoms with E-state index >= 15 is 0 Å². The van der Waals surface area contributed by atoms with Gasteiger partial charge in [0.1, 0.15) is 5.56 Å². The number of aromatic nitrogens is 1. The SMILES string of the molecule is CC(C)N(CCCN)C(=O)c1c[nH]ccc1=O. The van der Waals surface area contributed by atoms with Crippen LogP contribution in [0.1, 0.15) is 30.6 Å². The van der Waals surface area contributed by atoms with Gasteiger partial charge in [-0.1, -0.05) is 0 Å². The van der Waals surface area contributed by atoms with Crippen LogP contribution in [0.5, 0.6) is 0 Å². The van der Waals surface area contributed by atoms with Crippen LogP contribution in [0, 0.1) is 0 Å². The van der Waals surface area contributed by atoms with Crippen molar-refractivity contribution < 1.29 is 4.79 Å². The molecule has 0 aromatic carbocycles. The lowest BCUT2D eigenvalue weighted by molar-refractivity contribution is 0.0703. The normalized spacial score (nSPS) is 10.6. The average Bonchev–Trinajstić information content (AvgIpc) is 2.29. The Kier molecular flexibility index (Phi) is 4.90. The zero-order valence-electron chi connectivity index (χ0n) is 10.3. The number of carbonyl (C=O) groups excluding carboxylic acids is 1. The van der Waals surface area contributed by atoms with Gasteiger partial charge in [0.2, 0.25) is 0 Å². The maximum atomic E-state index is 12.2. The average molecular weight is 237 g/mol. The Bertz CT molecular complexity index is 426. The molecule has 0 bridgehead atoms. The maximum Gasteiger partial charge on any atom is 0.259 e. The van der Waals surface area contributed by atoms with Crippen LogP contribution < -0.4 is 11.2 Å². The van der Waals surface area contributed by atoms with Gasteiger partial charge in [-0.15, -0.1) is 0 Å². The summed E-state index contributed by atoms with van der Waals surface area (Å²) < 4.78 is 0. The Balaban J connectivity index is 2.92. The number of nitrogens with zero attached hydrogens (tertiary/aromatic N) is 1. The Morgan fingerprint density at radius 2 is 2.24 bits per heavy atom. The number of H-pyrrole nitrogens is 1. The number of hydrogen-bond acceptors (Lipinski definition) is 3. The molecule has 0 spiro atoms. The van der Waals surface area contributed by atoms with Gasteiger partial charge in [-0.05, 0) is 26.8 Å². The van der Waals surface area contributed by atoms with Crippen molar-refractivity contribution in [3.63, 3.8) is 0 Å². The molecule has 0 radical (unpaired) electrons. The molecule has 0 aliphatic carbocycles. The van der Waals surface area contributed by atoms with E-state index in [2.05, 4.69) is 4.98 Å². The number of nitrogens with one attached hydrogen (secondary N) is 1. The third-order valence-corrected chi connectivity index (χ3v) is 2.54. The first kappa shape index (κ1) is 13.4. The lowest BCUT2D eigenvalue weighted by Crippen LogP contribution is -2.40. The number of hydrogen-bond donors (Lipinski definition) is 2. The van der Waals surface area contributed by atoms with Crippen molar-refractivity contribution >= 4 is 5.91 Å². The molecule has 0 unspecified atom stereocenters. The molecule has 1 heterocycles. The standard InChI is InChI=1S/C12H19N3O2/c1-9(2)15(7-3-5-13)12(17)10-8-14-6-4-11(10)16/h4,6,8-9H,3,5,7,13H2,1-2H3,(H,14,16). The summed E-state index contributed by atoms with van der Waals surface area (Å²) in [6.45, 7) is 4.94. The fraction of sp³-hybridized carbons (Fsp3) is 0.500. The van der Waals surface area contributed by atoms with Gasteiger partial charge in [-0.2, -0.15) is 0 Å². The van der Waals surface area contributed by atoms with E-state index in [4.69, 9.17) is 5.73 Å². The second-order valence-corrected chi connectivity index (χ2v) is 4.16. The summed E-state index contributed by atoms with van der Waals surface area (Å²) >= 11 is 0. The Morgan fingerprint density at radius 3 is 2.76 bits per heavy atom. The Hall–Kier alpha value is -1.62. The first-order valence-electron chi connectivity index (χ1n) is 5.76. The molecule has 0 saturated carbocycles. The number of pyridine rings is 1. The lowest BCUT2D eigenvalue weighted by Gasteiger charge is -2.26. The van der Waals surface area contributed by atoms with E-state index < -0.39 is 0 Å². The quantitative estimate of drug-likeness (QED) is 0.786. The molecule has 17 heavy (non-hydrogen) atoms.